The average molecular weight is 294 g/mol. The van der Waals surface area contributed by atoms with E-state index in [4.69, 9.17) is 34.8 Å². The van der Waals surface area contributed by atoms with Crippen molar-refractivity contribution in [1.29, 1.82) is 0 Å². The van der Waals surface area contributed by atoms with Gasteiger partial charge in [0.2, 0.25) is 7.44 Å². The van der Waals surface area contributed by atoms with Gasteiger partial charge in [0.05, 0.1) is 0 Å². The second-order valence-electron chi connectivity index (χ2n) is 2.80. The molecule has 0 aliphatic rings. The third-order valence-electron chi connectivity index (χ3n) is 1.79. The Labute approximate surface area is 106 Å². The highest BCUT2D eigenvalue weighted by molar-refractivity contribution is 7.61. The largest absolute Gasteiger partial charge is 0.288 e. The molecule has 90 valence electrons. The quantitative estimate of drug-likeness (QED) is 0.403. The van der Waals surface area contributed by atoms with Gasteiger partial charge in [-0.3, -0.25) is 9.65 Å². The number of rotatable bonds is 9. The summed E-state index contributed by atoms with van der Waals surface area (Å²) in [6.07, 6.45) is 1.64. The van der Waals surface area contributed by atoms with E-state index >= 15 is 0 Å². The van der Waals surface area contributed by atoms with Gasteiger partial charge < -0.3 is 0 Å². The molecule has 0 radical (unpaired) electrons. The molecule has 0 heterocycles. The highest BCUT2D eigenvalue weighted by atomic mass is 35.5. The summed E-state index contributed by atoms with van der Waals surface area (Å²) in [5.41, 5.74) is 0.0363. The van der Waals surface area contributed by atoms with Gasteiger partial charge in [-0.2, -0.15) is 0 Å². The van der Waals surface area contributed by atoms with E-state index in [1.54, 1.807) is 10.7 Å². The standard InChI is InChI=1S/C8H16Cl3N2OP/c1-2-5-12-15(14,8-11)13(6-3-9)7-4-10/h2H,1,3-8H2,(H,12,14)/t15-/m1/s1. The Balaban J connectivity index is 4.52. The van der Waals surface area contributed by atoms with Crippen LogP contribution in [0.5, 0.6) is 0 Å². The second-order valence-corrected chi connectivity index (χ2v) is 6.80. The van der Waals surface area contributed by atoms with Gasteiger partial charge in [-0.1, -0.05) is 6.08 Å². The van der Waals surface area contributed by atoms with Crippen LogP contribution >= 0.6 is 42.2 Å². The van der Waals surface area contributed by atoms with Crippen molar-refractivity contribution in [1.82, 2.24) is 9.76 Å². The zero-order valence-electron chi connectivity index (χ0n) is 8.46. The zero-order valence-corrected chi connectivity index (χ0v) is 11.6. The Morgan fingerprint density at radius 2 is 1.80 bits per heavy atom. The molecule has 0 saturated heterocycles. The molecule has 0 amide bonds. The highest BCUT2D eigenvalue weighted by Gasteiger charge is 2.27. The van der Waals surface area contributed by atoms with Gasteiger partial charge in [0.15, 0.2) is 0 Å². The fourth-order valence-corrected chi connectivity index (χ4v) is 4.10. The van der Waals surface area contributed by atoms with Crippen molar-refractivity contribution in [3.63, 3.8) is 0 Å². The van der Waals surface area contributed by atoms with Crippen LogP contribution in [0.1, 0.15) is 0 Å². The van der Waals surface area contributed by atoms with Crippen molar-refractivity contribution in [3.8, 4) is 0 Å². The van der Waals surface area contributed by atoms with Crippen molar-refractivity contribution < 1.29 is 4.57 Å². The molecule has 0 saturated carbocycles. The molecule has 1 atom stereocenters. The Morgan fingerprint density at radius 3 is 2.13 bits per heavy atom. The molecule has 0 spiro atoms. The summed E-state index contributed by atoms with van der Waals surface area (Å²) < 4.78 is 14.1. The molecule has 0 unspecified atom stereocenters. The Bertz CT molecular complexity index is 222. The molecule has 7 heteroatoms. The fourth-order valence-electron chi connectivity index (χ4n) is 1.06. The van der Waals surface area contributed by atoms with Crippen LogP contribution in [-0.4, -0.2) is 41.7 Å². The van der Waals surface area contributed by atoms with Crippen molar-refractivity contribution in [2.24, 2.45) is 0 Å². The van der Waals surface area contributed by atoms with Crippen molar-refractivity contribution in [2.45, 2.75) is 0 Å². The van der Waals surface area contributed by atoms with Crippen LogP contribution in [0.3, 0.4) is 0 Å². The van der Waals surface area contributed by atoms with Crippen LogP contribution < -0.4 is 5.09 Å². The lowest BCUT2D eigenvalue weighted by molar-refractivity contribution is 0.440. The summed E-state index contributed by atoms with van der Waals surface area (Å²) in [4.78, 5) is 0. The summed E-state index contributed by atoms with van der Waals surface area (Å²) >= 11 is 17.0. The number of halogens is 3. The lowest BCUT2D eigenvalue weighted by Crippen LogP contribution is -2.32. The van der Waals surface area contributed by atoms with E-state index in [1.807, 2.05) is 0 Å². The molecule has 0 aromatic rings. The summed E-state index contributed by atoms with van der Waals surface area (Å²) in [5, 5.41) is 2.88. The van der Waals surface area contributed by atoms with E-state index in [0.29, 0.717) is 31.4 Å². The summed E-state index contributed by atoms with van der Waals surface area (Å²) in [6, 6.07) is 0. The Hall–Kier alpha value is 0.760. The van der Waals surface area contributed by atoms with Crippen LogP contribution in [0.25, 0.3) is 0 Å². The minimum Gasteiger partial charge on any atom is -0.288 e. The number of nitrogens with zero attached hydrogens (tertiary/aromatic N) is 1. The van der Waals surface area contributed by atoms with Crippen LogP contribution in [0.4, 0.5) is 0 Å². The first-order valence-corrected chi connectivity index (χ1v) is 7.98. The van der Waals surface area contributed by atoms with E-state index in [1.165, 1.54) is 0 Å². The van der Waals surface area contributed by atoms with Gasteiger partial charge in [0, 0.05) is 31.4 Å². The summed E-state index contributed by atoms with van der Waals surface area (Å²) in [5.74, 6) is 0.793. The SMILES string of the molecule is C=CCN[P@](=O)(CCl)N(CCCl)CCCl. The third kappa shape index (κ3) is 5.58. The van der Waals surface area contributed by atoms with Crippen LogP contribution in [0, 0.1) is 0 Å². The van der Waals surface area contributed by atoms with Crippen molar-refractivity contribution in [2.75, 3.05) is 37.0 Å². The molecule has 0 bridgehead atoms. The second kappa shape index (κ2) is 8.86. The molecule has 0 rings (SSSR count). The zero-order chi connectivity index (χ0) is 11.7. The van der Waals surface area contributed by atoms with Gasteiger partial charge in [-0.05, 0) is 0 Å². The topological polar surface area (TPSA) is 32.3 Å². The lowest BCUT2D eigenvalue weighted by Gasteiger charge is -2.29. The maximum absolute atomic E-state index is 12.3. The van der Waals surface area contributed by atoms with E-state index in [9.17, 15) is 4.57 Å². The first-order valence-electron chi connectivity index (χ1n) is 4.53. The van der Waals surface area contributed by atoms with Gasteiger partial charge in [-0.15, -0.1) is 41.4 Å². The van der Waals surface area contributed by atoms with Crippen LogP contribution in [0.15, 0.2) is 12.7 Å². The lowest BCUT2D eigenvalue weighted by atomic mass is 10.6. The average Bonchev–Trinajstić information content (AvgIpc) is 2.25. The van der Waals surface area contributed by atoms with E-state index in [0.717, 1.165) is 0 Å². The molecule has 15 heavy (non-hydrogen) atoms. The molecular formula is C8H16Cl3N2OP. The Morgan fingerprint density at radius 1 is 1.27 bits per heavy atom. The smallest absolute Gasteiger partial charge is 0.228 e. The molecule has 0 aliphatic heterocycles. The van der Waals surface area contributed by atoms with Crippen LogP contribution in [-0.2, 0) is 4.57 Å². The number of hydrogen-bond donors (Lipinski definition) is 1. The van der Waals surface area contributed by atoms with Gasteiger partial charge in [0.25, 0.3) is 0 Å². The van der Waals surface area contributed by atoms with Gasteiger partial charge >= 0.3 is 0 Å². The molecule has 3 nitrogen and oxygen atoms in total. The number of nitrogens with one attached hydrogen (secondary N) is 1. The number of hydrogen-bond acceptors (Lipinski definition) is 1. The maximum atomic E-state index is 12.3. The molecule has 0 aliphatic carbocycles. The number of alkyl halides is 3. The van der Waals surface area contributed by atoms with Gasteiger partial charge in [0.1, 0.15) is 5.62 Å². The van der Waals surface area contributed by atoms with E-state index in [2.05, 4.69) is 11.7 Å². The monoisotopic (exact) mass is 292 g/mol. The van der Waals surface area contributed by atoms with Crippen molar-refractivity contribution in [3.05, 3.63) is 12.7 Å². The molecular weight excluding hydrogens is 277 g/mol. The van der Waals surface area contributed by atoms with E-state index in [-0.39, 0.29) is 5.62 Å². The minimum atomic E-state index is -2.75. The van der Waals surface area contributed by atoms with E-state index < -0.39 is 7.44 Å². The molecule has 1 N–H and O–H groups in total. The first-order chi connectivity index (χ1) is 7.14. The maximum Gasteiger partial charge on any atom is 0.228 e. The molecule has 0 aromatic heterocycles. The van der Waals surface area contributed by atoms with Gasteiger partial charge in [-0.25, -0.2) is 4.67 Å². The molecule has 0 aromatic carbocycles. The predicted octanol–water partition coefficient (Wildman–Crippen LogP) is 2.93. The van der Waals surface area contributed by atoms with Crippen molar-refractivity contribution >= 4 is 42.2 Å². The molecule has 0 fully saturated rings. The summed E-state index contributed by atoms with van der Waals surface area (Å²) in [6.45, 7) is 5.01. The fraction of sp³-hybridized carbons (Fsp3) is 0.750. The third-order valence-corrected chi connectivity index (χ3v) is 5.41. The minimum absolute atomic E-state index is 0.0363. The first kappa shape index (κ1) is 15.8. The normalized spacial score (nSPS) is 15.2. The Kier molecular flexibility index (Phi) is 9.31. The predicted molar refractivity (Wildman–Crippen MR) is 69.5 cm³/mol. The van der Waals surface area contributed by atoms with Crippen LogP contribution in [0.2, 0.25) is 0 Å². The highest BCUT2D eigenvalue weighted by Crippen LogP contribution is 2.45. The summed E-state index contributed by atoms with van der Waals surface area (Å²) in [7, 11) is -2.75.